The Morgan fingerprint density at radius 3 is 2.29 bits per heavy atom. The van der Waals surface area contributed by atoms with Gasteiger partial charge in [-0.25, -0.2) is 0 Å². The highest BCUT2D eigenvalue weighted by molar-refractivity contribution is 5.29. The largest absolute Gasteiger partial charge is 0.0654 e. The van der Waals surface area contributed by atoms with Gasteiger partial charge in [-0.15, -0.1) is 0 Å². The van der Waals surface area contributed by atoms with Crippen LogP contribution in [0, 0.1) is 28.6 Å². The molecule has 2 fully saturated rings. The van der Waals surface area contributed by atoms with E-state index in [4.69, 9.17) is 0 Å². The molecule has 0 aromatic carbocycles. The van der Waals surface area contributed by atoms with E-state index in [9.17, 15) is 0 Å². The molecule has 2 aliphatic carbocycles. The first-order valence-electron chi connectivity index (χ1n) is 6.51. The molecule has 0 amide bonds. The maximum absolute atomic E-state index is 2.56. The Morgan fingerprint density at radius 2 is 1.93 bits per heavy atom. The van der Waals surface area contributed by atoms with E-state index in [0.717, 1.165) is 23.2 Å². The van der Waals surface area contributed by atoms with E-state index < -0.39 is 0 Å². The van der Waals surface area contributed by atoms with Gasteiger partial charge in [-0.1, -0.05) is 53.9 Å². The molecule has 82 valence electrons. The van der Waals surface area contributed by atoms with Crippen molar-refractivity contribution in [1.82, 2.24) is 0 Å². The maximum atomic E-state index is 2.56. The summed E-state index contributed by atoms with van der Waals surface area (Å²) in [5.41, 5.74) is 1.49. The van der Waals surface area contributed by atoms with Gasteiger partial charge in [-0.3, -0.25) is 0 Å². The second-order valence-electron chi connectivity index (χ2n) is 6.19. The summed E-state index contributed by atoms with van der Waals surface area (Å²) in [6.45, 7) is 12.3. The minimum atomic E-state index is 0.696. The minimum Gasteiger partial charge on any atom is -0.0654 e. The molecule has 5 atom stereocenters. The molecule has 1 spiro atoms. The minimum absolute atomic E-state index is 0.696. The van der Waals surface area contributed by atoms with Crippen LogP contribution in [0.25, 0.3) is 0 Å². The topological polar surface area (TPSA) is 0 Å². The molecular formula is C14H26. The Morgan fingerprint density at radius 1 is 1.36 bits per heavy atom. The van der Waals surface area contributed by atoms with Crippen molar-refractivity contribution in [1.29, 1.82) is 0 Å². The first kappa shape index (κ1) is 10.5. The molecule has 0 aromatic rings. The number of rotatable bonds is 4. The molecule has 2 saturated carbocycles. The van der Waals surface area contributed by atoms with Crippen LogP contribution >= 0.6 is 0 Å². The summed E-state index contributed by atoms with van der Waals surface area (Å²) in [5.74, 6) is 2.96. The average molecular weight is 194 g/mol. The van der Waals surface area contributed by atoms with E-state index in [-0.39, 0.29) is 0 Å². The van der Waals surface area contributed by atoms with E-state index >= 15 is 0 Å². The summed E-state index contributed by atoms with van der Waals surface area (Å²) in [6.07, 6.45) is 5.75. The average Bonchev–Trinajstić information content (AvgIpc) is 2.95. The Labute approximate surface area is 89.5 Å². The zero-order valence-corrected chi connectivity index (χ0v) is 10.6. The third kappa shape index (κ3) is 1.01. The zero-order chi connectivity index (χ0) is 10.6. The molecule has 0 heteroatoms. The number of hydrogen-bond donors (Lipinski definition) is 0. The highest BCUT2D eigenvalue weighted by atomic mass is 14.9. The van der Waals surface area contributed by atoms with Crippen molar-refractivity contribution in [2.45, 2.75) is 60.3 Å². The molecule has 0 saturated heterocycles. The lowest BCUT2D eigenvalue weighted by atomic mass is 9.84. The maximum Gasteiger partial charge on any atom is -0.0179 e. The van der Waals surface area contributed by atoms with Gasteiger partial charge in [0.1, 0.15) is 0 Å². The van der Waals surface area contributed by atoms with Gasteiger partial charge < -0.3 is 0 Å². The van der Waals surface area contributed by atoms with E-state index in [1.807, 2.05) is 0 Å². The standard InChI is InChI=1S/C14H26/c1-6-7-8-10(2)13(5)12(4)14(13)9-11(14)3/h10-12H,6-9H2,1-5H3. The van der Waals surface area contributed by atoms with Crippen LogP contribution in [-0.4, -0.2) is 0 Å². The number of hydrogen-bond acceptors (Lipinski definition) is 0. The summed E-state index contributed by atoms with van der Waals surface area (Å²) in [6, 6.07) is 0. The van der Waals surface area contributed by atoms with Crippen LogP contribution in [0.2, 0.25) is 0 Å². The van der Waals surface area contributed by atoms with Crippen LogP contribution < -0.4 is 0 Å². The summed E-state index contributed by atoms with van der Waals surface area (Å²) in [4.78, 5) is 0. The van der Waals surface area contributed by atoms with Crippen molar-refractivity contribution in [2.24, 2.45) is 28.6 Å². The Hall–Kier alpha value is 0. The van der Waals surface area contributed by atoms with E-state index in [0.29, 0.717) is 5.41 Å². The fourth-order valence-corrected chi connectivity index (χ4v) is 4.49. The molecule has 0 N–H and O–H groups in total. The second kappa shape index (κ2) is 3.00. The third-order valence-electron chi connectivity index (χ3n) is 5.97. The van der Waals surface area contributed by atoms with Gasteiger partial charge in [0.25, 0.3) is 0 Å². The molecule has 5 unspecified atom stereocenters. The van der Waals surface area contributed by atoms with Gasteiger partial charge in [-0.2, -0.15) is 0 Å². The molecule has 0 radical (unpaired) electrons. The zero-order valence-electron chi connectivity index (χ0n) is 10.6. The van der Waals surface area contributed by atoms with E-state index in [1.54, 1.807) is 0 Å². The molecule has 14 heavy (non-hydrogen) atoms. The first-order chi connectivity index (χ1) is 6.51. The summed E-state index contributed by atoms with van der Waals surface area (Å²) >= 11 is 0. The van der Waals surface area contributed by atoms with Gasteiger partial charge in [-0.05, 0) is 35.0 Å². The van der Waals surface area contributed by atoms with E-state index in [2.05, 4.69) is 34.6 Å². The first-order valence-corrected chi connectivity index (χ1v) is 6.51. The smallest absolute Gasteiger partial charge is 0.0179 e. The Kier molecular flexibility index (Phi) is 2.25. The Bertz CT molecular complexity index is 232. The van der Waals surface area contributed by atoms with Crippen molar-refractivity contribution in [3.05, 3.63) is 0 Å². The van der Waals surface area contributed by atoms with Crippen LogP contribution in [0.15, 0.2) is 0 Å². The van der Waals surface area contributed by atoms with E-state index in [1.165, 1.54) is 25.7 Å². The molecule has 0 aromatic heterocycles. The molecule has 2 aliphatic rings. The second-order valence-corrected chi connectivity index (χ2v) is 6.19. The number of unbranched alkanes of at least 4 members (excludes halogenated alkanes) is 1. The van der Waals surface area contributed by atoms with Crippen LogP contribution in [0.5, 0.6) is 0 Å². The van der Waals surface area contributed by atoms with Crippen LogP contribution in [0.1, 0.15) is 60.3 Å². The van der Waals surface area contributed by atoms with Crippen molar-refractivity contribution in [2.75, 3.05) is 0 Å². The summed E-state index contributed by atoms with van der Waals surface area (Å²) < 4.78 is 0. The van der Waals surface area contributed by atoms with Crippen molar-refractivity contribution in [3.63, 3.8) is 0 Å². The van der Waals surface area contributed by atoms with Gasteiger partial charge in [0.15, 0.2) is 0 Å². The summed E-state index contributed by atoms with van der Waals surface area (Å²) in [5, 5.41) is 0. The fourth-order valence-electron chi connectivity index (χ4n) is 4.49. The van der Waals surface area contributed by atoms with Gasteiger partial charge in [0.05, 0.1) is 0 Å². The third-order valence-corrected chi connectivity index (χ3v) is 5.97. The molecule has 0 bridgehead atoms. The lowest BCUT2D eigenvalue weighted by molar-refractivity contribution is 0.281. The lowest BCUT2D eigenvalue weighted by Gasteiger charge is -2.21. The normalized spacial score (nSPS) is 52.1. The SMILES string of the molecule is CCCCC(C)C1(C)C(C)C12CC2C. The molecular weight excluding hydrogens is 168 g/mol. The molecule has 0 heterocycles. The van der Waals surface area contributed by atoms with Crippen molar-refractivity contribution >= 4 is 0 Å². The Balaban J connectivity index is 1.98. The van der Waals surface area contributed by atoms with Gasteiger partial charge >= 0.3 is 0 Å². The highest BCUT2D eigenvalue weighted by Gasteiger charge is 2.81. The fraction of sp³-hybridized carbons (Fsp3) is 1.00. The quantitative estimate of drug-likeness (QED) is 0.618. The van der Waals surface area contributed by atoms with Crippen LogP contribution in [-0.2, 0) is 0 Å². The van der Waals surface area contributed by atoms with Crippen molar-refractivity contribution < 1.29 is 0 Å². The van der Waals surface area contributed by atoms with Crippen LogP contribution in [0.4, 0.5) is 0 Å². The molecule has 0 nitrogen and oxygen atoms in total. The van der Waals surface area contributed by atoms with Crippen molar-refractivity contribution in [3.8, 4) is 0 Å². The predicted molar refractivity (Wildman–Crippen MR) is 62.2 cm³/mol. The molecule has 2 rings (SSSR count). The van der Waals surface area contributed by atoms with Gasteiger partial charge in [0, 0.05) is 0 Å². The lowest BCUT2D eigenvalue weighted by Crippen LogP contribution is -2.13. The van der Waals surface area contributed by atoms with Gasteiger partial charge in [0.2, 0.25) is 0 Å². The predicted octanol–water partition coefficient (Wildman–Crippen LogP) is 4.49. The summed E-state index contributed by atoms with van der Waals surface area (Å²) in [7, 11) is 0. The monoisotopic (exact) mass is 194 g/mol. The molecule has 0 aliphatic heterocycles. The highest BCUT2D eigenvalue weighted by Crippen LogP contribution is 2.87. The van der Waals surface area contributed by atoms with Crippen LogP contribution in [0.3, 0.4) is 0 Å².